The predicted octanol–water partition coefficient (Wildman–Crippen LogP) is 2.99. The Hall–Kier alpha value is -3.71. The van der Waals surface area contributed by atoms with Crippen LogP contribution in [0.25, 0.3) is 5.69 Å². The summed E-state index contributed by atoms with van der Waals surface area (Å²) in [6, 6.07) is 11.1. The fraction of sp³-hybridized carbons (Fsp3) is 0.273. The van der Waals surface area contributed by atoms with Gasteiger partial charge < -0.3 is 10.1 Å². The highest BCUT2D eigenvalue weighted by Gasteiger charge is 2.17. The summed E-state index contributed by atoms with van der Waals surface area (Å²) in [5.41, 5.74) is 3.43. The fourth-order valence-electron chi connectivity index (χ4n) is 3.09. The largest absolute Gasteiger partial charge is 0.456 e. The lowest BCUT2D eigenvalue weighted by Crippen LogP contribution is -2.23. The van der Waals surface area contributed by atoms with Gasteiger partial charge in [0.25, 0.3) is 5.91 Å². The van der Waals surface area contributed by atoms with E-state index in [1.807, 2.05) is 44.4 Å². The van der Waals surface area contributed by atoms with Gasteiger partial charge in [0.1, 0.15) is 11.6 Å². The molecule has 32 heavy (non-hydrogen) atoms. The summed E-state index contributed by atoms with van der Waals surface area (Å²) >= 11 is 1.46. The molecule has 0 saturated carbocycles. The minimum Gasteiger partial charge on any atom is -0.456 e. The number of carbonyl (C=O) groups excluding carboxylic acids is 2. The number of thioether (sulfide) groups is 1. The number of ether oxygens (including phenoxy) is 1. The molecule has 0 saturated heterocycles. The standard InChI is InChI=1S/C22H22N6O3S/c1-14-18(15(2)26-22(25-14)32-3)9-10-20(30)31-13-19(29)27-21-16(11-23)12-24-28(21)17-7-5-4-6-8-17/h4-8,12H,9-10,13H2,1-3H3,(H,27,29). The number of para-hydroxylation sites is 1. The van der Waals surface area contributed by atoms with Crippen molar-refractivity contribution >= 4 is 29.5 Å². The number of rotatable bonds is 8. The summed E-state index contributed by atoms with van der Waals surface area (Å²) in [7, 11) is 0. The summed E-state index contributed by atoms with van der Waals surface area (Å²) in [6.45, 7) is 3.29. The summed E-state index contributed by atoms with van der Waals surface area (Å²) in [5, 5.41) is 16.8. The van der Waals surface area contributed by atoms with Crippen molar-refractivity contribution in [3.8, 4) is 11.8 Å². The van der Waals surface area contributed by atoms with E-state index in [1.54, 1.807) is 12.1 Å². The van der Waals surface area contributed by atoms with Gasteiger partial charge in [-0.25, -0.2) is 14.6 Å². The Labute approximate surface area is 189 Å². The lowest BCUT2D eigenvalue weighted by atomic mass is 10.1. The van der Waals surface area contributed by atoms with Gasteiger partial charge in [-0.05, 0) is 44.2 Å². The smallest absolute Gasteiger partial charge is 0.306 e. The summed E-state index contributed by atoms with van der Waals surface area (Å²) in [5.74, 6) is -0.852. The number of hydrogen-bond acceptors (Lipinski definition) is 8. The van der Waals surface area contributed by atoms with E-state index in [4.69, 9.17) is 4.74 Å². The predicted molar refractivity (Wildman–Crippen MR) is 119 cm³/mol. The Balaban J connectivity index is 1.58. The van der Waals surface area contributed by atoms with Crippen molar-refractivity contribution in [2.75, 3.05) is 18.2 Å². The molecule has 1 aromatic carbocycles. The summed E-state index contributed by atoms with van der Waals surface area (Å²) in [4.78, 5) is 33.3. The monoisotopic (exact) mass is 450 g/mol. The second-order valence-corrected chi connectivity index (χ2v) is 7.61. The molecule has 3 rings (SSSR count). The molecule has 9 nitrogen and oxygen atoms in total. The van der Waals surface area contributed by atoms with Crippen molar-refractivity contribution in [2.24, 2.45) is 0 Å². The van der Waals surface area contributed by atoms with E-state index in [9.17, 15) is 14.9 Å². The summed E-state index contributed by atoms with van der Waals surface area (Å²) < 4.78 is 6.56. The first-order valence-corrected chi connectivity index (χ1v) is 11.0. The van der Waals surface area contributed by atoms with Crippen LogP contribution in [0.3, 0.4) is 0 Å². The lowest BCUT2D eigenvalue weighted by molar-refractivity contribution is -0.147. The molecule has 0 aliphatic heterocycles. The molecular weight excluding hydrogens is 428 g/mol. The maximum Gasteiger partial charge on any atom is 0.306 e. The lowest BCUT2D eigenvalue weighted by Gasteiger charge is -2.11. The van der Waals surface area contributed by atoms with Crippen LogP contribution in [0.2, 0.25) is 0 Å². The Morgan fingerprint density at radius 2 is 1.88 bits per heavy atom. The number of hydrogen-bond donors (Lipinski definition) is 1. The second kappa shape index (κ2) is 10.5. The van der Waals surface area contributed by atoms with Crippen molar-refractivity contribution in [3.63, 3.8) is 0 Å². The van der Waals surface area contributed by atoms with Gasteiger partial charge in [-0.2, -0.15) is 10.4 Å². The highest BCUT2D eigenvalue weighted by Crippen LogP contribution is 2.20. The van der Waals surface area contributed by atoms with Gasteiger partial charge in [0.15, 0.2) is 17.6 Å². The van der Waals surface area contributed by atoms with E-state index in [-0.39, 0.29) is 17.8 Å². The average Bonchev–Trinajstić information content (AvgIpc) is 3.19. The second-order valence-electron chi connectivity index (χ2n) is 6.83. The van der Waals surface area contributed by atoms with E-state index in [2.05, 4.69) is 20.4 Å². The molecule has 0 atom stereocenters. The normalized spacial score (nSPS) is 10.4. The maximum atomic E-state index is 12.4. The van der Waals surface area contributed by atoms with Crippen LogP contribution < -0.4 is 5.32 Å². The van der Waals surface area contributed by atoms with Gasteiger partial charge in [0, 0.05) is 17.8 Å². The molecule has 0 bridgehead atoms. The van der Waals surface area contributed by atoms with Gasteiger partial charge in [-0.15, -0.1) is 0 Å². The van der Waals surface area contributed by atoms with Crippen LogP contribution >= 0.6 is 11.8 Å². The molecule has 1 N–H and O–H groups in total. The van der Waals surface area contributed by atoms with Crippen LogP contribution in [-0.4, -0.2) is 44.5 Å². The molecule has 164 valence electrons. The molecule has 0 spiro atoms. The van der Waals surface area contributed by atoms with Crippen molar-refractivity contribution in [1.29, 1.82) is 5.26 Å². The topological polar surface area (TPSA) is 123 Å². The number of anilines is 1. The number of nitriles is 1. The molecule has 0 radical (unpaired) electrons. The number of aryl methyl sites for hydroxylation is 2. The average molecular weight is 451 g/mol. The maximum absolute atomic E-state index is 12.4. The Morgan fingerprint density at radius 3 is 2.50 bits per heavy atom. The van der Waals surface area contributed by atoms with Gasteiger partial charge in [0.2, 0.25) is 0 Å². The van der Waals surface area contributed by atoms with Gasteiger partial charge in [-0.1, -0.05) is 30.0 Å². The van der Waals surface area contributed by atoms with E-state index in [0.29, 0.717) is 17.3 Å². The van der Waals surface area contributed by atoms with Crippen molar-refractivity contribution in [1.82, 2.24) is 19.7 Å². The third-order valence-electron chi connectivity index (χ3n) is 4.67. The van der Waals surface area contributed by atoms with Gasteiger partial charge in [0.05, 0.1) is 11.9 Å². The number of nitrogens with one attached hydrogen (secondary N) is 1. The first-order valence-electron chi connectivity index (χ1n) is 9.80. The number of aromatic nitrogens is 4. The zero-order valence-corrected chi connectivity index (χ0v) is 18.8. The van der Waals surface area contributed by atoms with Crippen LogP contribution in [0, 0.1) is 25.2 Å². The molecule has 0 fully saturated rings. The van der Waals surface area contributed by atoms with Crippen LogP contribution in [0.15, 0.2) is 41.7 Å². The number of carbonyl (C=O) groups is 2. The molecule has 3 aromatic rings. The quantitative estimate of drug-likeness (QED) is 0.316. The highest BCUT2D eigenvalue weighted by molar-refractivity contribution is 7.98. The first-order chi connectivity index (χ1) is 15.4. The third kappa shape index (κ3) is 5.50. The van der Waals surface area contributed by atoms with Gasteiger partial charge >= 0.3 is 5.97 Å². The van der Waals surface area contributed by atoms with Crippen LogP contribution in [0.4, 0.5) is 5.82 Å². The Kier molecular flexibility index (Phi) is 7.57. The molecule has 0 aliphatic carbocycles. The van der Waals surface area contributed by atoms with Crippen LogP contribution in [0.1, 0.15) is 28.9 Å². The zero-order valence-electron chi connectivity index (χ0n) is 18.0. The molecule has 0 unspecified atom stereocenters. The number of nitrogens with zero attached hydrogens (tertiary/aromatic N) is 5. The SMILES string of the molecule is CSc1nc(C)c(CCC(=O)OCC(=O)Nc2c(C#N)cnn2-c2ccccc2)c(C)n1. The van der Waals surface area contributed by atoms with Crippen LogP contribution in [0.5, 0.6) is 0 Å². The number of benzene rings is 1. The van der Waals surface area contributed by atoms with Crippen molar-refractivity contribution in [2.45, 2.75) is 31.8 Å². The molecule has 1 amide bonds. The third-order valence-corrected chi connectivity index (χ3v) is 5.22. The van der Waals surface area contributed by atoms with E-state index < -0.39 is 18.5 Å². The van der Waals surface area contributed by atoms with E-state index >= 15 is 0 Å². The minimum absolute atomic E-state index is 0.0995. The van der Waals surface area contributed by atoms with Crippen molar-refractivity contribution in [3.05, 3.63) is 59.0 Å². The first kappa shape index (κ1) is 23.0. The minimum atomic E-state index is -0.562. The molecule has 2 aromatic heterocycles. The van der Waals surface area contributed by atoms with E-state index in [0.717, 1.165) is 17.0 Å². The molecule has 2 heterocycles. The Morgan fingerprint density at radius 1 is 1.19 bits per heavy atom. The van der Waals surface area contributed by atoms with Gasteiger partial charge in [-0.3, -0.25) is 9.59 Å². The van der Waals surface area contributed by atoms with Crippen LogP contribution in [-0.2, 0) is 20.7 Å². The molecular formula is C22H22N6O3S. The molecule has 10 heteroatoms. The van der Waals surface area contributed by atoms with Crippen molar-refractivity contribution < 1.29 is 14.3 Å². The highest BCUT2D eigenvalue weighted by atomic mass is 32.2. The molecule has 0 aliphatic rings. The summed E-state index contributed by atoms with van der Waals surface area (Å²) in [6.07, 6.45) is 3.79. The zero-order chi connectivity index (χ0) is 23.1. The fourth-order valence-corrected chi connectivity index (χ4v) is 3.55. The number of esters is 1. The Bertz CT molecular complexity index is 1150. The number of amides is 1. The van der Waals surface area contributed by atoms with E-state index in [1.165, 1.54) is 22.6 Å².